The first kappa shape index (κ1) is 71.4. The zero-order chi connectivity index (χ0) is 84.3. The van der Waals surface area contributed by atoms with Crippen molar-refractivity contribution < 1.29 is 0 Å². The van der Waals surface area contributed by atoms with Gasteiger partial charge in [-0.05, 0) is 215 Å². The third kappa shape index (κ3) is 10.2. The minimum atomic E-state index is -3.87. The van der Waals surface area contributed by atoms with Gasteiger partial charge in [0.25, 0.3) is 0 Å². The third-order valence-electron chi connectivity index (χ3n) is 28.1. The fourth-order valence-corrected chi connectivity index (χ4v) is 27.7. The summed E-state index contributed by atoms with van der Waals surface area (Å²) >= 11 is 0. The predicted octanol–water partition coefficient (Wildman–Crippen LogP) is 27.8. The summed E-state index contributed by atoms with van der Waals surface area (Å²) < 4.78 is 19.9. The molecule has 0 saturated carbocycles. The molecule has 0 aliphatic heterocycles. The van der Waals surface area contributed by atoms with Crippen molar-refractivity contribution in [2.24, 2.45) is 0 Å². The molecule has 0 unspecified atom stereocenters. The maximum atomic E-state index is 2.58. The van der Waals surface area contributed by atoms with Crippen molar-refractivity contribution in [1.29, 1.82) is 0 Å². The van der Waals surface area contributed by atoms with E-state index in [1.54, 1.807) is 0 Å². The van der Waals surface area contributed by atoms with E-state index in [1.807, 2.05) is 0 Å². The molecular formula is C120H76N8Si. The second-order valence-corrected chi connectivity index (χ2v) is 38.5. The highest BCUT2D eigenvalue weighted by atomic mass is 28.3. The van der Waals surface area contributed by atoms with E-state index in [4.69, 9.17) is 0 Å². The minimum absolute atomic E-state index is 1.08. The molecule has 0 amide bonds. The number of hydrogen-bond acceptors (Lipinski definition) is 0. The van der Waals surface area contributed by atoms with E-state index in [2.05, 4.69) is 498 Å². The van der Waals surface area contributed by atoms with Crippen LogP contribution in [-0.4, -0.2) is 44.6 Å². The Morgan fingerprint density at radius 3 is 0.395 bits per heavy atom. The highest BCUT2D eigenvalue weighted by Gasteiger charge is 2.43. The number of aromatic nitrogens is 8. The van der Waals surface area contributed by atoms with Crippen LogP contribution in [-0.2, 0) is 0 Å². The first-order valence-electron chi connectivity index (χ1n) is 44.5. The fourth-order valence-electron chi connectivity index (χ4n) is 22.8. The Labute approximate surface area is 741 Å². The lowest BCUT2D eigenvalue weighted by molar-refractivity contribution is 1.16. The van der Waals surface area contributed by atoms with Crippen LogP contribution in [0.2, 0.25) is 0 Å². The van der Waals surface area contributed by atoms with Crippen molar-refractivity contribution in [3.63, 3.8) is 0 Å². The van der Waals surface area contributed by atoms with E-state index in [1.165, 1.54) is 151 Å². The zero-order valence-corrected chi connectivity index (χ0v) is 71.0. The second-order valence-electron chi connectivity index (χ2n) is 34.6. The highest BCUT2D eigenvalue weighted by molar-refractivity contribution is 7.20. The molecule has 28 aromatic rings. The number of hydrogen-bond donors (Lipinski definition) is 0. The van der Waals surface area contributed by atoms with Crippen molar-refractivity contribution in [3.05, 3.63) is 461 Å². The lowest BCUT2D eigenvalue weighted by atomic mass is 10.1. The van der Waals surface area contributed by atoms with Gasteiger partial charge >= 0.3 is 0 Å². The van der Waals surface area contributed by atoms with Gasteiger partial charge in [0.15, 0.2) is 8.07 Å². The third-order valence-corrected chi connectivity index (χ3v) is 32.8. The van der Waals surface area contributed by atoms with Gasteiger partial charge in [0.2, 0.25) is 0 Å². The largest absolute Gasteiger partial charge is 0.309 e. The van der Waals surface area contributed by atoms with Gasteiger partial charge in [0, 0.05) is 132 Å². The van der Waals surface area contributed by atoms with Crippen LogP contribution in [0.3, 0.4) is 0 Å². The van der Waals surface area contributed by atoms with E-state index in [0.29, 0.717) is 0 Å². The summed E-state index contributed by atoms with van der Waals surface area (Å²) in [5.41, 5.74) is 27.3. The number of rotatable bonds is 12. The van der Waals surface area contributed by atoms with Crippen LogP contribution in [0.4, 0.5) is 0 Å². The molecule has 0 atom stereocenters. The van der Waals surface area contributed by atoms with E-state index >= 15 is 0 Å². The summed E-state index contributed by atoms with van der Waals surface area (Å²) in [5.74, 6) is 0. The van der Waals surface area contributed by atoms with Gasteiger partial charge in [-0.3, -0.25) is 0 Å². The van der Waals surface area contributed by atoms with Crippen LogP contribution < -0.4 is 20.7 Å². The van der Waals surface area contributed by atoms with Gasteiger partial charge in [-0.1, -0.05) is 267 Å². The Balaban J connectivity index is 0.714. The van der Waals surface area contributed by atoms with Crippen LogP contribution >= 0.6 is 0 Å². The number of para-hydroxylation sites is 12. The second kappa shape index (κ2) is 27.5. The van der Waals surface area contributed by atoms with Gasteiger partial charge in [0.05, 0.1) is 88.3 Å². The lowest BCUT2D eigenvalue weighted by Gasteiger charge is -2.36. The molecule has 0 spiro atoms. The Morgan fingerprint density at radius 1 is 0.101 bits per heavy atom. The minimum Gasteiger partial charge on any atom is -0.309 e. The van der Waals surface area contributed by atoms with Crippen LogP contribution in [0.15, 0.2) is 461 Å². The smallest absolute Gasteiger partial charge is 0.179 e. The average molecular weight is 1660 g/mol. The van der Waals surface area contributed by atoms with Crippen molar-refractivity contribution >= 4 is 203 Å². The van der Waals surface area contributed by atoms with Crippen molar-refractivity contribution in [1.82, 2.24) is 36.5 Å². The molecule has 8 aromatic heterocycles. The zero-order valence-electron chi connectivity index (χ0n) is 70.0. The molecule has 8 heterocycles. The number of nitrogens with zero attached hydrogens (tertiary/aromatic N) is 8. The number of fused-ring (bicyclic) bond motifs is 24. The first-order chi connectivity index (χ1) is 64.0. The molecule has 0 N–H and O–H groups in total. The van der Waals surface area contributed by atoms with E-state index in [9.17, 15) is 0 Å². The monoisotopic (exact) mass is 1660 g/mol. The molecule has 600 valence electrons. The molecule has 0 radical (unpaired) electrons. The summed E-state index contributed by atoms with van der Waals surface area (Å²) in [5, 5.41) is 24.3. The molecule has 28 rings (SSSR count). The Kier molecular flexibility index (Phi) is 15.2. The highest BCUT2D eigenvalue weighted by Crippen LogP contribution is 2.45. The maximum Gasteiger partial charge on any atom is 0.179 e. The van der Waals surface area contributed by atoms with Crippen molar-refractivity contribution in [2.75, 3.05) is 0 Å². The average Bonchev–Trinajstić information content (AvgIpc) is 1.70. The summed E-state index contributed by atoms with van der Waals surface area (Å²) in [7, 11) is -3.87. The SMILES string of the molecule is c1cc(-n2c3ccccc3c3cc(-n4c5ccccc5c5ccccc54)ccc32)cc([Si](c2cccc(-n3c4ccccc4c4cc(-n5c6ccccc6c6ccccc65)ccc43)c2)(c2cccc(-n3c4ccccc4c4cc(-n5c6ccccc6c6ccccc65)ccc43)c2)c2cccc(-n3c4ccccc4c4cc(-n5c6ccccc6c6ccccc65)ccc43)c2)c1. The normalized spacial score (nSPS) is 12.3. The van der Waals surface area contributed by atoms with Crippen LogP contribution in [0.1, 0.15) is 0 Å². The lowest BCUT2D eigenvalue weighted by Crippen LogP contribution is -2.75. The van der Waals surface area contributed by atoms with Crippen molar-refractivity contribution in [3.8, 4) is 45.5 Å². The Morgan fingerprint density at radius 2 is 0.233 bits per heavy atom. The van der Waals surface area contributed by atoms with E-state index < -0.39 is 8.07 Å². The van der Waals surface area contributed by atoms with Crippen molar-refractivity contribution in [2.45, 2.75) is 0 Å². The Bertz CT molecular complexity index is 8320. The fraction of sp³-hybridized carbons (Fsp3) is 0. The maximum absolute atomic E-state index is 3.87. The van der Waals surface area contributed by atoms with Crippen LogP contribution in [0.25, 0.3) is 220 Å². The van der Waals surface area contributed by atoms with Crippen LogP contribution in [0, 0.1) is 0 Å². The van der Waals surface area contributed by atoms with Gasteiger partial charge in [-0.2, -0.15) is 0 Å². The topological polar surface area (TPSA) is 39.4 Å². The molecule has 9 heteroatoms. The molecule has 0 aliphatic carbocycles. The van der Waals surface area contributed by atoms with Crippen LogP contribution in [0.5, 0.6) is 0 Å². The molecule has 0 fully saturated rings. The van der Waals surface area contributed by atoms with E-state index in [0.717, 1.165) is 89.6 Å². The summed E-state index contributed by atoms with van der Waals surface area (Å²) in [6, 6.07) is 174. The van der Waals surface area contributed by atoms with E-state index in [-0.39, 0.29) is 0 Å². The van der Waals surface area contributed by atoms with Gasteiger partial charge in [-0.15, -0.1) is 0 Å². The summed E-state index contributed by atoms with van der Waals surface area (Å²) in [4.78, 5) is 0. The molecule has 0 aliphatic rings. The molecular weight excluding hydrogens is 1580 g/mol. The van der Waals surface area contributed by atoms with Gasteiger partial charge in [0.1, 0.15) is 0 Å². The molecule has 0 bridgehead atoms. The predicted molar refractivity (Wildman–Crippen MR) is 545 cm³/mol. The van der Waals surface area contributed by atoms with Gasteiger partial charge in [-0.25, -0.2) is 0 Å². The molecule has 0 saturated heterocycles. The molecule has 8 nitrogen and oxygen atoms in total. The Hall–Kier alpha value is -17.0. The summed E-state index contributed by atoms with van der Waals surface area (Å²) in [6.07, 6.45) is 0. The number of benzene rings is 20. The summed E-state index contributed by atoms with van der Waals surface area (Å²) in [6.45, 7) is 0. The molecule has 129 heavy (non-hydrogen) atoms. The molecule has 20 aromatic carbocycles. The first-order valence-corrected chi connectivity index (χ1v) is 46.5. The standard InChI is InChI=1S/C120H76N8Si/c1-13-49-105-89(37-1)90-38-2-14-50-106(90)125(105)81-61-65-117-101(73-81)97-45-9-21-57-113(97)121(117)77-29-25-33-85(69-77)129(86-34-26-30-78(70-86)122-114-58-22-10-46-98(114)102-74-82(62-66-118(102)122)126-107-51-15-3-39-91(107)92-40-4-16-52-108(92)126,87-35-27-31-79(71-87)123-115-59-23-11-47-99(115)103-75-83(63-67-119(103)123)127-109-53-17-5-41-93(109)94-42-6-18-54-110(94)127)88-36-28-32-80(72-88)124-116-60-24-12-48-100(116)104-76-84(64-68-120(104)124)128-111-55-19-7-43-95(111)96-44-8-20-56-112(96)128/h1-76H. The quantitative estimate of drug-likeness (QED) is 0.0864. The van der Waals surface area contributed by atoms with Gasteiger partial charge < -0.3 is 36.5 Å².